The van der Waals surface area contributed by atoms with E-state index in [0.29, 0.717) is 11.1 Å². The predicted octanol–water partition coefficient (Wildman–Crippen LogP) is 10.2. The molecule has 0 spiro atoms. The van der Waals surface area contributed by atoms with Crippen LogP contribution in [0.4, 0.5) is 0 Å². The molecule has 2 aromatic heterocycles. The van der Waals surface area contributed by atoms with E-state index in [1.54, 1.807) is 6.07 Å². The Bertz CT molecular complexity index is 2450. The van der Waals surface area contributed by atoms with Crippen molar-refractivity contribution in [2.24, 2.45) is 0 Å². The number of rotatable bonds is 3. The monoisotopic (exact) mass is 536 g/mol. The molecule has 42 heavy (non-hydrogen) atoms. The maximum absolute atomic E-state index is 10.5. The minimum atomic E-state index is 0.540. The van der Waals surface area contributed by atoms with Gasteiger partial charge in [0.1, 0.15) is 28.4 Å². The molecule has 6 aromatic carbocycles. The Morgan fingerprint density at radius 2 is 1.02 bits per heavy atom. The van der Waals surface area contributed by atoms with Crippen LogP contribution in [0.15, 0.2) is 130 Å². The van der Waals surface area contributed by atoms with Crippen LogP contribution in [0, 0.1) is 22.7 Å². The molecule has 0 bridgehead atoms. The number of para-hydroxylation sites is 2. The Morgan fingerprint density at radius 3 is 1.76 bits per heavy atom. The second-order valence-corrected chi connectivity index (χ2v) is 10.4. The lowest BCUT2D eigenvalue weighted by atomic mass is 9.87. The fraction of sp³-hybridized carbons (Fsp3) is 0. The zero-order chi connectivity index (χ0) is 28.2. The summed E-state index contributed by atoms with van der Waals surface area (Å²) in [5, 5.41) is 24.3. The van der Waals surface area contributed by atoms with Gasteiger partial charge in [0.05, 0.1) is 17.2 Å². The highest BCUT2D eigenvalue weighted by molar-refractivity contribution is 6.07. The van der Waals surface area contributed by atoms with E-state index in [4.69, 9.17) is 8.83 Å². The standard InChI is InChI=1S/C38H20N2O2/c39-21-23-6-5-7-25(16-23)31-18-27(24-13-15-37-33(17-24)29-9-2-4-11-36(29)41-37)19-32(34(31)22-40)26-12-14-30-28-8-1-3-10-35(28)42-38(30)20-26/h1-20H. The van der Waals surface area contributed by atoms with E-state index in [2.05, 4.69) is 42.5 Å². The van der Waals surface area contributed by atoms with Gasteiger partial charge in [-0.25, -0.2) is 0 Å². The number of hydrogen-bond donors (Lipinski definition) is 0. The van der Waals surface area contributed by atoms with Crippen LogP contribution in [0.2, 0.25) is 0 Å². The molecule has 0 aliphatic rings. The molecular formula is C38H20N2O2. The van der Waals surface area contributed by atoms with Gasteiger partial charge in [0, 0.05) is 32.7 Å². The van der Waals surface area contributed by atoms with Gasteiger partial charge in [0.2, 0.25) is 0 Å². The Balaban J connectivity index is 1.40. The summed E-state index contributed by atoms with van der Waals surface area (Å²) in [5.41, 5.74) is 9.56. The lowest BCUT2D eigenvalue weighted by molar-refractivity contribution is 0.668. The molecule has 0 N–H and O–H groups in total. The molecule has 8 rings (SSSR count). The minimum Gasteiger partial charge on any atom is -0.456 e. The number of benzene rings is 6. The van der Waals surface area contributed by atoms with Gasteiger partial charge in [0.25, 0.3) is 0 Å². The summed E-state index contributed by atoms with van der Waals surface area (Å²) < 4.78 is 12.3. The van der Waals surface area contributed by atoms with Crippen LogP contribution in [-0.4, -0.2) is 0 Å². The Morgan fingerprint density at radius 1 is 0.405 bits per heavy atom. The largest absolute Gasteiger partial charge is 0.456 e. The number of fused-ring (bicyclic) bond motifs is 6. The van der Waals surface area contributed by atoms with Crippen molar-refractivity contribution < 1.29 is 8.83 Å². The van der Waals surface area contributed by atoms with Gasteiger partial charge in [-0.1, -0.05) is 60.7 Å². The highest BCUT2D eigenvalue weighted by Crippen LogP contribution is 2.40. The third-order valence-corrected chi connectivity index (χ3v) is 7.95. The molecule has 0 saturated carbocycles. The molecule has 4 nitrogen and oxygen atoms in total. The average molecular weight is 537 g/mol. The first-order valence-corrected chi connectivity index (χ1v) is 13.6. The molecule has 8 aromatic rings. The number of nitriles is 2. The van der Waals surface area contributed by atoms with Gasteiger partial charge < -0.3 is 8.83 Å². The molecule has 2 heterocycles. The lowest BCUT2D eigenvalue weighted by Gasteiger charge is -2.15. The molecule has 0 amide bonds. The highest BCUT2D eigenvalue weighted by atomic mass is 16.3. The van der Waals surface area contributed by atoms with Crippen molar-refractivity contribution in [2.45, 2.75) is 0 Å². The van der Waals surface area contributed by atoms with E-state index in [1.165, 1.54) is 0 Å². The quantitative estimate of drug-likeness (QED) is 0.225. The molecular weight excluding hydrogens is 516 g/mol. The molecule has 194 valence electrons. The van der Waals surface area contributed by atoms with Crippen LogP contribution < -0.4 is 0 Å². The first-order valence-electron chi connectivity index (χ1n) is 13.6. The van der Waals surface area contributed by atoms with E-state index in [9.17, 15) is 10.5 Å². The van der Waals surface area contributed by atoms with Gasteiger partial charge in [-0.2, -0.15) is 10.5 Å². The number of nitrogens with zero attached hydrogens (tertiary/aromatic N) is 2. The normalized spacial score (nSPS) is 11.3. The van der Waals surface area contributed by atoms with Gasteiger partial charge in [-0.05, 0) is 82.9 Å². The maximum atomic E-state index is 10.5. The summed E-state index contributed by atoms with van der Waals surface area (Å²) in [6.07, 6.45) is 0. The Labute approximate surface area is 240 Å². The van der Waals surface area contributed by atoms with E-state index in [0.717, 1.165) is 77.3 Å². The lowest BCUT2D eigenvalue weighted by Crippen LogP contribution is -1.93. The first-order chi connectivity index (χ1) is 20.7. The second-order valence-electron chi connectivity index (χ2n) is 10.4. The van der Waals surface area contributed by atoms with Crippen molar-refractivity contribution in [2.75, 3.05) is 0 Å². The van der Waals surface area contributed by atoms with E-state index in [-0.39, 0.29) is 0 Å². The van der Waals surface area contributed by atoms with Crippen molar-refractivity contribution in [1.29, 1.82) is 10.5 Å². The van der Waals surface area contributed by atoms with Crippen LogP contribution in [0.1, 0.15) is 11.1 Å². The summed E-state index contributed by atoms with van der Waals surface area (Å²) in [4.78, 5) is 0. The maximum Gasteiger partial charge on any atom is 0.136 e. The Kier molecular flexibility index (Phi) is 5.22. The van der Waals surface area contributed by atoms with Crippen molar-refractivity contribution in [3.05, 3.63) is 132 Å². The van der Waals surface area contributed by atoms with Crippen LogP contribution in [0.3, 0.4) is 0 Å². The van der Waals surface area contributed by atoms with Gasteiger partial charge in [0.15, 0.2) is 0 Å². The third-order valence-electron chi connectivity index (χ3n) is 7.95. The molecule has 0 atom stereocenters. The molecule has 0 radical (unpaired) electrons. The van der Waals surface area contributed by atoms with Crippen LogP contribution >= 0.6 is 0 Å². The highest BCUT2D eigenvalue weighted by Gasteiger charge is 2.18. The van der Waals surface area contributed by atoms with E-state index in [1.807, 2.05) is 84.9 Å². The summed E-state index contributed by atoms with van der Waals surface area (Å²) in [7, 11) is 0. The van der Waals surface area contributed by atoms with E-state index >= 15 is 0 Å². The minimum absolute atomic E-state index is 0.540. The molecule has 4 heteroatoms. The van der Waals surface area contributed by atoms with Crippen molar-refractivity contribution in [1.82, 2.24) is 0 Å². The zero-order valence-corrected chi connectivity index (χ0v) is 22.3. The van der Waals surface area contributed by atoms with Crippen LogP contribution in [0.5, 0.6) is 0 Å². The van der Waals surface area contributed by atoms with Gasteiger partial charge >= 0.3 is 0 Å². The average Bonchev–Trinajstić information content (AvgIpc) is 3.61. The SMILES string of the molecule is N#Cc1cccc(-c2cc(-c3ccc4oc5ccccc5c4c3)cc(-c3ccc4c(c3)oc3ccccc34)c2C#N)c1. The smallest absolute Gasteiger partial charge is 0.136 e. The van der Waals surface area contributed by atoms with E-state index < -0.39 is 0 Å². The predicted molar refractivity (Wildman–Crippen MR) is 167 cm³/mol. The van der Waals surface area contributed by atoms with Crippen molar-refractivity contribution in [3.8, 4) is 45.5 Å². The van der Waals surface area contributed by atoms with Crippen LogP contribution in [0.25, 0.3) is 77.3 Å². The fourth-order valence-corrected chi connectivity index (χ4v) is 5.94. The number of furan rings is 2. The molecule has 0 saturated heterocycles. The summed E-state index contributed by atoms with van der Waals surface area (Å²) in [6.45, 7) is 0. The molecule has 0 aliphatic carbocycles. The molecule has 0 aliphatic heterocycles. The molecule has 0 unspecified atom stereocenters. The first kappa shape index (κ1) is 23.8. The number of hydrogen-bond acceptors (Lipinski definition) is 4. The van der Waals surface area contributed by atoms with Crippen LogP contribution in [-0.2, 0) is 0 Å². The zero-order valence-electron chi connectivity index (χ0n) is 22.3. The summed E-state index contributed by atoms with van der Waals surface area (Å²) in [6, 6.07) is 44.5. The van der Waals surface area contributed by atoms with Crippen molar-refractivity contribution >= 4 is 43.9 Å². The molecule has 0 fully saturated rings. The van der Waals surface area contributed by atoms with Crippen molar-refractivity contribution in [3.63, 3.8) is 0 Å². The fourth-order valence-electron chi connectivity index (χ4n) is 5.94. The Hall–Kier alpha value is -6.10. The van der Waals surface area contributed by atoms with Gasteiger partial charge in [-0.15, -0.1) is 0 Å². The third kappa shape index (κ3) is 3.68. The summed E-state index contributed by atoms with van der Waals surface area (Å²) >= 11 is 0. The second kappa shape index (κ2) is 9.24. The summed E-state index contributed by atoms with van der Waals surface area (Å²) in [5.74, 6) is 0. The topological polar surface area (TPSA) is 73.9 Å². The van der Waals surface area contributed by atoms with Gasteiger partial charge in [-0.3, -0.25) is 0 Å².